The van der Waals surface area contributed by atoms with Crippen molar-refractivity contribution in [1.29, 1.82) is 0 Å². The van der Waals surface area contributed by atoms with Gasteiger partial charge in [-0.2, -0.15) is 0 Å². The van der Waals surface area contributed by atoms with Crippen LogP contribution in [0.1, 0.15) is 23.5 Å². The summed E-state index contributed by atoms with van der Waals surface area (Å²) >= 11 is 0. The highest BCUT2D eigenvalue weighted by atomic mass is 16.5. The molecule has 1 atom stereocenters. The number of carbonyl (C=O) groups excluding carboxylic acids is 1. The Morgan fingerprint density at radius 2 is 1.61 bits per heavy atom. The van der Waals surface area contributed by atoms with Crippen LogP contribution in [-0.2, 0) is 4.79 Å². The topological polar surface area (TPSA) is 117 Å². The number of hydrogen-bond acceptors (Lipinski definition) is 7. The Bertz CT molecular complexity index is 1400. The molecule has 0 radical (unpaired) electrons. The number of hydrogen-bond donors (Lipinski definition) is 3. The van der Waals surface area contributed by atoms with Gasteiger partial charge >= 0.3 is 5.97 Å². The number of carbonyl (C=O) groups is 1. The number of aromatic hydroxyl groups is 3. The SMILES string of the molecule is O=C1CC(c2ccccc2)c2c(cc(O)c3c(=O)cc(-c4ccc(O)c(O)c4)oc23)O1. The maximum atomic E-state index is 12.9. The van der Waals surface area contributed by atoms with Crippen molar-refractivity contribution in [2.45, 2.75) is 12.3 Å². The van der Waals surface area contributed by atoms with E-state index in [2.05, 4.69) is 0 Å². The normalized spacial score (nSPS) is 15.5. The third-order valence-electron chi connectivity index (χ3n) is 5.39. The number of ether oxygens (including phenoxy) is 1. The molecule has 0 saturated carbocycles. The smallest absolute Gasteiger partial charge is 0.312 e. The fraction of sp³-hybridized carbons (Fsp3) is 0.0833. The molecule has 5 rings (SSSR count). The molecule has 7 nitrogen and oxygen atoms in total. The third kappa shape index (κ3) is 3.07. The van der Waals surface area contributed by atoms with E-state index in [-0.39, 0.29) is 46.1 Å². The van der Waals surface area contributed by atoms with Crippen LogP contribution in [-0.4, -0.2) is 21.3 Å². The second-order valence-corrected chi connectivity index (χ2v) is 7.33. The van der Waals surface area contributed by atoms with E-state index in [0.29, 0.717) is 11.1 Å². The summed E-state index contributed by atoms with van der Waals surface area (Å²) in [5.74, 6) is -1.67. The molecule has 0 saturated heterocycles. The summed E-state index contributed by atoms with van der Waals surface area (Å²) in [4.78, 5) is 25.1. The van der Waals surface area contributed by atoms with Crippen molar-refractivity contribution < 1.29 is 29.3 Å². The van der Waals surface area contributed by atoms with Crippen molar-refractivity contribution in [3.63, 3.8) is 0 Å². The quantitative estimate of drug-likeness (QED) is 0.257. The van der Waals surface area contributed by atoms with E-state index in [1.54, 1.807) is 0 Å². The molecule has 0 bridgehead atoms. The van der Waals surface area contributed by atoms with Crippen LogP contribution in [0, 0.1) is 0 Å². The Hall–Kier alpha value is -4.26. The summed E-state index contributed by atoms with van der Waals surface area (Å²) in [5, 5.41) is 29.9. The molecule has 1 aromatic heterocycles. The predicted octanol–water partition coefficient (Wildman–Crippen LogP) is 4.02. The molecule has 3 aromatic carbocycles. The molecule has 7 heteroatoms. The van der Waals surface area contributed by atoms with E-state index >= 15 is 0 Å². The summed E-state index contributed by atoms with van der Waals surface area (Å²) in [6.07, 6.45) is 0.0465. The van der Waals surface area contributed by atoms with Gasteiger partial charge in [-0.05, 0) is 23.8 Å². The average Bonchev–Trinajstić information content (AvgIpc) is 2.75. The molecule has 0 amide bonds. The van der Waals surface area contributed by atoms with E-state index < -0.39 is 17.3 Å². The lowest BCUT2D eigenvalue weighted by molar-refractivity contribution is -0.135. The number of fused-ring (bicyclic) bond motifs is 3. The first-order chi connectivity index (χ1) is 14.9. The fourth-order valence-corrected chi connectivity index (χ4v) is 3.95. The lowest BCUT2D eigenvalue weighted by atomic mass is 9.85. The Kier molecular flexibility index (Phi) is 4.18. The first-order valence-electron chi connectivity index (χ1n) is 9.54. The van der Waals surface area contributed by atoms with Crippen molar-refractivity contribution in [2.75, 3.05) is 0 Å². The van der Waals surface area contributed by atoms with Gasteiger partial charge in [0.05, 0.1) is 6.42 Å². The third-order valence-corrected chi connectivity index (χ3v) is 5.39. The maximum Gasteiger partial charge on any atom is 0.312 e. The molecule has 4 aromatic rings. The minimum Gasteiger partial charge on any atom is -0.507 e. The number of benzene rings is 3. The molecule has 31 heavy (non-hydrogen) atoms. The van der Waals surface area contributed by atoms with Gasteiger partial charge in [-0.25, -0.2) is 0 Å². The van der Waals surface area contributed by atoms with Gasteiger partial charge in [0.15, 0.2) is 16.9 Å². The summed E-state index contributed by atoms with van der Waals surface area (Å²) in [6.45, 7) is 0. The van der Waals surface area contributed by atoms with Crippen molar-refractivity contribution in [3.8, 4) is 34.3 Å². The van der Waals surface area contributed by atoms with E-state index in [9.17, 15) is 24.9 Å². The molecule has 3 N–H and O–H groups in total. The maximum absolute atomic E-state index is 12.9. The van der Waals surface area contributed by atoms with Crippen LogP contribution in [0.25, 0.3) is 22.3 Å². The predicted molar refractivity (Wildman–Crippen MR) is 111 cm³/mol. The lowest BCUT2D eigenvalue weighted by Crippen LogP contribution is -2.22. The van der Waals surface area contributed by atoms with Gasteiger partial charge in [-0.3, -0.25) is 9.59 Å². The molecular weight excluding hydrogens is 400 g/mol. The molecule has 1 aliphatic heterocycles. The van der Waals surface area contributed by atoms with Crippen molar-refractivity contribution in [2.24, 2.45) is 0 Å². The second kappa shape index (κ2) is 6.91. The monoisotopic (exact) mass is 416 g/mol. The molecule has 2 heterocycles. The van der Waals surface area contributed by atoms with Crippen LogP contribution in [0.3, 0.4) is 0 Å². The molecule has 1 aliphatic rings. The number of phenols is 3. The first-order valence-corrected chi connectivity index (χ1v) is 9.54. The second-order valence-electron chi connectivity index (χ2n) is 7.33. The van der Waals surface area contributed by atoms with Gasteiger partial charge in [0.25, 0.3) is 0 Å². The number of esters is 1. The standard InChI is InChI=1S/C24H16O7/c25-15-7-6-13(8-16(15)26)19-10-17(27)23-18(28)11-20-22(24(23)31-19)14(9-21(29)30-20)12-4-2-1-3-5-12/h1-8,10-11,14,25-26,28H,9H2. The average molecular weight is 416 g/mol. The zero-order valence-corrected chi connectivity index (χ0v) is 16.0. The number of rotatable bonds is 2. The minimum absolute atomic E-state index is 0.0237. The van der Waals surface area contributed by atoms with Gasteiger partial charge in [0.1, 0.15) is 28.2 Å². The van der Waals surface area contributed by atoms with Crippen molar-refractivity contribution in [1.82, 2.24) is 0 Å². The van der Waals surface area contributed by atoms with Gasteiger partial charge in [-0.15, -0.1) is 0 Å². The summed E-state index contributed by atoms with van der Waals surface area (Å²) in [5.41, 5.74) is 1.29. The van der Waals surface area contributed by atoms with E-state index in [1.807, 2.05) is 30.3 Å². The molecule has 154 valence electrons. The molecular formula is C24H16O7. The van der Waals surface area contributed by atoms with Crippen molar-refractivity contribution in [3.05, 3.63) is 82.0 Å². The Labute approximate surface area is 175 Å². The first kappa shape index (κ1) is 18.7. The molecule has 0 fully saturated rings. The molecule has 0 spiro atoms. The Balaban J connectivity index is 1.83. The largest absolute Gasteiger partial charge is 0.507 e. The van der Waals surface area contributed by atoms with Crippen LogP contribution < -0.4 is 10.2 Å². The minimum atomic E-state index is -0.493. The van der Waals surface area contributed by atoms with Gasteiger partial charge in [0.2, 0.25) is 0 Å². The highest BCUT2D eigenvalue weighted by Gasteiger charge is 2.33. The zero-order valence-electron chi connectivity index (χ0n) is 16.0. The van der Waals surface area contributed by atoms with Gasteiger partial charge < -0.3 is 24.5 Å². The highest BCUT2D eigenvalue weighted by Crippen LogP contribution is 2.46. The number of phenolic OH excluding ortho intramolecular Hbond substituents is 3. The Morgan fingerprint density at radius 3 is 2.35 bits per heavy atom. The fourth-order valence-electron chi connectivity index (χ4n) is 3.95. The Morgan fingerprint density at radius 1 is 0.839 bits per heavy atom. The van der Waals surface area contributed by atoms with E-state index in [4.69, 9.17) is 9.15 Å². The van der Waals surface area contributed by atoms with Gasteiger partial charge in [-0.1, -0.05) is 30.3 Å². The van der Waals surface area contributed by atoms with Crippen LogP contribution in [0.2, 0.25) is 0 Å². The summed E-state index contributed by atoms with van der Waals surface area (Å²) in [6, 6.07) is 15.8. The van der Waals surface area contributed by atoms with Crippen LogP contribution >= 0.6 is 0 Å². The van der Waals surface area contributed by atoms with Gasteiger partial charge in [0, 0.05) is 29.2 Å². The lowest BCUT2D eigenvalue weighted by Gasteiger charge is -2.26. The van der Waals surface area contributed by atoms with Crippen LogP contribution in [0.15, 0.2) is 69.9 Å². The summed E-state index contributed by atoms with van der Waals surface area (Å²) < 4.78 is 11.4. The van der Waals surface area contributed by atoms with Crippen LogP contribution in [0.4, 0.5) is 0 Å². The molecule has 0 aliphatic carbocycles. The highest BCUT2D eigenvalue weighted by molar-refractivity contribution is 5.93. The van der Waals surface area contributed by atoms with Crippen LogP contribution in [0.5, 0.6) is 23.0 Å². The summed E-state index contributed by atoms with van der Waals surface area (Å²) in [7, 11) is 0. The van der Waals surface area contributed by atoms with Crippen molar-refractivity contribution >= 4 is 16.9 Å². The zero-order chi connectivity index (χ0) is 21.7. The molecule has 1 unspecified atom stereocenters. The van der Waals surface area contributed by atoms with E-state index in [1.165, 1.54) is 30.3 Å². The van der Waals surface area contributed by atoms with E-state index in [0.717, 1.165) is 5.56 Å².